The van der Waals surface area contributed by atoms with Gasteiger partial charge in [0.15, 0.2) is 0 Å². The summed E-state index contributed by atoms with van der Waals surface area (Å²) in [5.41, 5.74) is 11.0. The van der Waals surface area contributed by atoms with Crippen LogP contribution in [0.15, 0.2) is 0 Å². The number of carbonyl (C=O) groups excluding carboxylic acids is 7. The van der Waals surface area contributed by atoms with Crippen molar-refractivity contribution in [3.63, 3.8) is 0 Å². The minimum Gasteiger partial charge on any atom is -0.391 e. The first-order valence-corrected chi connectivity index (χ1v) is 14.1. The van der Waals surface area contributed by atoms with E-state index in [1.807, 2.05) is 0 Å². The van der Waals surface area contributed by atoms with Gasteiger partial charge in [0, 0.05) is 0 Å². The van der Waals surface area contributed by atoms with E-state index in [-0.39, 0.29) is 6.42 Å². The second kappa shape index (κ2) is 19.5. The maximum atomic E-state index is 13.1. The molecule has 0 aromatic heterocycles. The van der Waals surface area contributed by atoms with Crippen LogP contribution in [0.3, 0.4) is 0 Å². The average molecular weight is 617 g/mol. The lowest BCUT2D eigenvalue weighted by molar-refractivity contribution is -0.137. The van der Waals surface area contributed by atoms with Gasteiger partial charge in [-0.05, 0) is 67.3 Å². The average Bonchev–Trinajstić information content (AvgIpc) is 2.92. The lowest BCUT2D eigenvalue weighted by Gasteiger charge is -2.27. The van der Waals surface area contributed by atoms with E-state index in [0.717, 1.165) is 0 Å². The topological polar surface area (TPSA) is 284 Å². The van der Waals surface area contributed by atoms with Gasteiger partial charge in [0.2, 0.25) is 35.4 Å². The normalized spacial score (nSPS) is 17.3. The van der Waals surface area contributed by atoms with Gasteiger partial charge in [-0.15, -0.1) is 0 Å². The highest BCUT2D eigenvalue weighted by Crippen LogP contribution is 2.05. The third-order valence-electron chi connectivity index (χ3n) is 6.20. The van der Waals surface area contributed by atoms with Gasteiger partial charge in [-0.25, -0.2) is 0 Å². The number of hydrogen-bond acceptors (Lipinski definition) is 11. The van der Waals surface area contributed by atoms with Gasteiger partial charge in [-0.2, -0.15) is 0 Å². The Morgan fingerprint density at radius 2 is 1.07 bits per heavy atom. The molecule has 43 heavy (non-hydrogen) atoms. The summed E-state index contributed by atoms with van der Waals surface area (Å²) in [6.07, 6.45) is -1.27. The Balaban J connectivity index is 5.60. The summed E-state index contributed by atoms with van der Waals surface area (Å²) < 4.78 is 0. The van der Waals surface area contributed by atoms with Crippen LogP contribution >= 0.6 is 0 Å². The van der Waals surface area contributed by atoms with E-state index in [1.165, 1.54) is 41.5 Å². The number of nitrogens with one attached hydrogen (secondary N) is 6. The van der Waals surface area contributed by atoms with Crippen LogP contribution < -0.4 is 43.4 Å². The van der Waals surface area contributed by atoms with Gasteiger partial charge in [0.1, 0.15) is 36.5 Å². The smallest absolute Gasteiger partial charge is 0.245 e. The molecule has 0 fully saturated rings. The molecule has 0 aliphatic rings. The van der Waals surface area contributed by atoms with E-state index < -0.39 is 89.9 Å². The molecule has 9 atom stereocenters. The molecule has 0 saturated carbocycles. The molecule has 0 spiro atoms. The third-order valence-corrected chi connectivity index (χ3v) is 6.20. The Morgan fingerprint density at radius 1 is 0.628 bits per heavy atom. The third kappa shape index (κ3) is 14.4. The van der Waals surface area contributed by atoms with Crippen molar-refractivity contribution in [2.45, 2.75) is 115 Å². The fourth-order valence-electron chi connectivity index (χ4n) is 3.53. The maximum absolute atomic E-state index is 13.1. The molecule has 12 N–H and O–H groups in total. The molecule has 0 aliphatic heterocycles. The Hall–Kier alpha value is -3.67. The Morgan fingerprint density at radius 3 is 1.47 bits per heavy atom. The zero-order valence-electron chi connectivity index (χ0n) is 25.5. The van der Waals surface area contributed by atoms with E-state index in [0.29, 0.717) is 25.7 Å². The van der Waals surface area contributed by atoms with Crippen molar-refractivity contribution in [3.05, 3.63) is 0 Å². The zero-order chi connectivity index (χ0) is 33.4. The molecule has 0 aliphatic carbocycles. The van der Waals surface area contributed by atoms with Crippen LogP contribution in [0.4, 0.5) is 0 Å². The van der Waals surface area contributed by atoms with Crippen LogP contribution in [0.2, 0.25) is 0 Å². The highest BCUT2D eigenvalue weighted by atomic mass is 16.3. The molecule has 17 heteroatoms. The predicted octanol–water partition coefficient (Wildman–Crippen LogP) is -4.61. The first-order chi connectivity index (χ1) is 20.0. The van der Waals surface area contributed by atoms with E-state index >= 15 is 0 Å². The minimum absolute atomic E-state index is 0.0900. The summed E-state index contributed by atoms with van der Waals surface area (Å²) in [7, 11) is 0. The lowest BCUT2D eigenvalue weighted by Crippen LogP contribution is -2.61. The number of rotatable bonds is 19. The molecule has 0 saturated heterocycles. The van der Waals surface area contributed by atoms with Crippen molar-refractivity contribution in [2.24, 2.45) is 11.5 Å². The maximum Gasteiger partial charge on any atom is 0.245 e. The van der Waals surface area contributed by atoms with Crippen LogP contribution in [0.25, 0.3) is 0 Å². The van der Waals surface area contributed by atoms with Gasteiger partial charge in [0.25, 0.3) is 0 Å². The van der Waals surface area contributed by atoms with Crippen LogP contribution in [-0.4, -0.2) is 113 Å². The summed E-state index contributed by atoms with van der Waals surface area (Å²) in [5.74, 6) is -4.73. The zero-order valence-corrected chi connectivity index (χ0v) is 25.5. The SMILES string of the molecule is C[C@H](N)C(=O)N[C@@H](C)C(=O)N[C@H](C(=O)N[C@@H](CCCCN)C(=O)N[C@@H](C)C(=O)N[C@H](C(=O)N[C@@H](C)C=O)[C@@H](C)O)[C@@H](C)O. The van der Waals surface area contributed by atoms with Crippen molar-refractivity contribution < 1.29 is 43.8 Å². The van der Waals surface area contributed by atoms with Gasteiger partial charge in [0.05, 0.1) is 24.3 Å². The number of aliphatic hydroxyl groups excluding tert-OH is 2. The van der Waals surface area contributed by atoms with Crippen molar-refractivity contribution in [2.75, 3.05) is 6.54 Å². The van der Waals surface area contributed by atoms with Crippen molar-refractivity contribution >= 4 is 41.7 Å². The van der Waals surface area contributed by atoms with Crippen LogP contribution in [0.5, 0.6) is 0 Å². The molecule has 0 radical (unpaired) electrons. The second-order valence-corrected chi connectivity index (χ2v) is 10.5. The quantitative estimate of drug-likeness (QED) is 0.0486. The molecular weight excluding hydrogens is 568 g/mol. The number of carbonyl (C=O) groups is 7. The van der Waals surface area contributed by atoms with Crippen LogP contribution in [-0.2, 0) is 33.6 Å². The van der Waals surface area contributed by atoms with Gasteiger partial charge >= 0.3 is 0 Å². The van der Waals surface area contributed by atoms with Gasteiger partial charge in [-0.3, -0.25) is 28.8 Å². The Kier molecular flexibility index (Phi) is 17.8. The lowest BCUT2D eigenvalue weighted by atomic mass is 10.1. The van der Waals surface area contributed by atoms with E-state index in [1.54, 1.807) is 0 Å². The fourth-order valence-corrected chi connectivity index (χ4v) is 3.53. The standard InChI is InChI=1S/C26H48N8O9/c1-12(11-35)29-25(42)19(16(5)36)33-23(40)15(4)31-24(41)18(9-7-8-10-27)32-26(43)20(17(6)37)34-22(39)14(3)30-21(38)13(2)28/h11-20,36-37H,7-10,27-28H2,1-6H3,(H,29,42)(H,30,38)(H,31,41)(H,32,43)(H,33,40)(H,34,39)/t12-,13-,14-,15-,16+,17+,18-,19-,20-/m0/s1. The molecule has 0 unspecified atom stereocenters. The highest BCUT2D eigenvalue weighted by Gasteiger charge is 2.33. The van der Waals surface area contributed by atoms with Gasteiger partial charge < -0.3 is 58.4 Å². The molecule has 0 bridgehead atoms. The summed E-state index contributed by atoms with van der Waals surface area (Å²) in [5, 5.41) is 34.4. The number of hydrogen-bond donors (Lipinski definition) is 10. The summed E-state index contributed by atoms with van der Waals surface area (Å²) in [4.78, 5) is 86.5. The number of aliphatic hydroxyl groups is 2. The first-order valence-electron chi connectivity index (χ1n) is 14.1. The fraction of sp³-hybridized carbons (Fsp3) is 0.731. The minimum atomic E-state index is -1.51. The van der Waals surface area contributed by atoms with Crippen LogP contribution in [0.1, 0.15) is 60.8 Å². The Labute approximate surface area is 251 Å². The molecule has 0 aromatic carbocycles. The highest BCUT2D eigenvalue weighted by molar-refractivity contribution is 5.96. The summed E-state index contributed by atoms with van der Waals surface area (Å²) in [6.45, 7) is 8.31. The van der Waals surface area contributed by atoms with Crippen LogP contribution in [0, 0.1) is 0 Å². The Bertz CT molecular complexity index is 976. The number of unbranched alkanes of at least 4 members (excludes halogenated alkanes) is 1. The second-order valence-electron chi connectivity index (χ2n) is 10.5. The monoisotopic (exact) mass is 616 g/mol. The molecule has 17 nitrogen and oxygen atoms in total. The molecule has 0 aromatic rings. The predicted molar refractivity (Wildman–Crippen MR) is 155 cm³/mol. The summed E-state index contributed by atoms with van der Waals surface area (Å²) in [6, 6.07) is -8.23. The van der Waals surface area contributed by atoms with Crippen molar-refractivity contribution in [3.8, 4) is 0 Å². The molecule has 6 amide bonds. The first kappa shape index (κ1) is 39.3. The van der Waals surface area contributed by atoms with E-state index in [9.17, 15) is 43.8 Å². The van der Waals surface area contributed by atoms with Gasteiger partial charge in [-0.1, -0.05) is 0 Å². The van der Waals surface area contributed by atoms with Crippen molar-refractivity contribution in [1.29, 1.82) is 0 Å². The van der Waals surface area contributed by atoms with E-state index in [2.05, 4.69) is 31.9 Å². The number of aldehydes is 1. The molecular formula is C26H48N8O9. The molecule has 0 heterocycles. The molecule has 0 rings (SSSR count). The molecule has 246 valence electrons. The summed E-state index contributed by atoms with van der Waals surface area (Å²) >= 11 is 0. The largest absolute Gasteiger partial charge is 0.391 e. The number of amides is 6. The van der Waals surface area contributed by atoms with E-state index in [4.69, 9.17) is 11.5 Å². The number of nitrogens with two attached hydrogens (primary N) is 2. The van der Waals surface area contributed by atoms with Crippen molar-refractivity contribution in [1.82, 2.24) is 31.9 Å².